The smallest absolute Gasteiger partial charge is 0.373 e. The molecule has 0 unspecified atom stereocenters. The molecule has 1 fully saturated rings. The summed E-state index contributed by atoms with van der Waals surface area (Å²) in [5, 5.41) is 13.1. The molecule has 0 aliphatic carbocycles. The van der Waals surface area contributed by atoms with Crippen LogP contribution in [0, 0.1) is 23.2 Å². The molecule has 1 aliphatic rings. The summed E-state index contributed by atoms with van der Waals surface area (Å²) in [5.41, 5.74) is 7.63. The lowest BCUT2D eigenvalue weighted by molar-refractivity contribution is -0.140. The van der Waals surface area contributed by atoms with Gasteiger partial charge in [-0.2, -0.15) is 18.4 Å². The van der Waals surface area contributed by atoms with Crippen molar-refractivity contribution in [1.29, 1.82) is 5.26 Å². The van der Waals surface area contributed by atoms with Gasteiger partial charge >= 0.3 is 6.18 Å². The zero-order valence-electron chi connectivity index (χ0n) is 22.6. The number of carbonyl (C=O) groups is 1. The molecule has 2 aromatic heterocycles. The number of benzene rings is 1. The topological polar surface area (TPSA) is 103 Å². The number of hydrogen-bond acceptors (Lipinski definition) is 6. The molecule has 3 aromatic rings. The van der Waals surface area contributed by atoms with Gasteiger partial charge in [0.1, 0.15) is 6.54 Å². The summed E-state index contributed by atoms with van der Waals surface area (Å²) in [7, 11) is 0. The Kier molecular flexibility index (Phi) is 8.67. The molecule has 3 N–H and O–H groups in total. The number of carbonyl (C=O) groups excluding carboxylic acids is 1. The number of nitrogens with two attached hydrogens (primary N) is 1. The SMILES string of the molecule is CC(C)(C#N)c1ccc(NCC#Cc2cc3c(CN4CCN(CC(N)=O)CC4)cccc3n2CC(F)(F)F)cn1. The first-order valence-corrected chi connectivity index (χ1v) is 13.0. The van der Waals surface area contributed by atoms with E-state index < -0.39 is 18.1 Å². The van der Waals surface area contributed by atoms with E-state index in [0.29, 0.717) is 36.5 Å². The van der Waals surface area contributed by atoms with Gasteiger partial charge in [-0.1, -0.05) is 18.1 Å². The van der Waals surface area contributed by atoms with Crippen LogP contribution in [-0.4, -0.2) is 70.7 Å². The van der Waals surface area contributed by atoms with E-state index in [0.717, 1.165) is 24.0 Å². The van der Waals surface area contributed by atoms with Crippen LogP contribution < -0.4 is 11.1 Å². The van der Waals surface area contributed by atoms with Crippen LogP contribution in [0.3, 0.4) is 0 Å². The third kappa shape index (κ3) is 7.32. The van der Waals surface area contributed by atoms with E-state index in [2.05, 4.69) is 33.1 Å². The van der Waals surface area contributed by atoms with Crippen LogP contribution >= 0.6 is 0 Å². The largest absolute Gasteiger partial charge is 0.406 e. The van der Waals surface area contributed by atoms with Crippen LogP contribution in [0.4, 0.5) is 18.9 Å². The summed E-state index contributed by atoms with van der Waals surface area (Å²) in [6.45, 7) is 6.31. The van der Waals surface area contributed by atoms with E-state index in [1.807, 2.05) is 11.0 Å². The maximum atomic E-state index is 13.5. The molecule has 1 saturated heterocycles. The number of alkyl halides is 3. The number of piperazine rings is 1. The quantitative estimate of drug-likeness (QED) is 0.416. The van der Waals surface area contributed by atoms with Crippen molar-refractivity contribution < 1.29 is 18.0 Å². The van der Waals surface area contributed by atoms with E-state index in [9.17, 15) is 23.2 Å². The fourth-order valence-corrected chi connectivity index (χ4v) is 4.71. The van der Waals surface area contributed by atoms with Crippen LogP contribution in [-0.2, 0) is 23.3 Å². The Morgan fingerprint density at radius 2 is 1.85 bits per heavy atom. The molecule has 8 nitrogen and oxygen atoms in total. The molecule has 40 heavy (non-hydrogen) atoms. The molecule has 4 rings (SSSR count). The zero-order chi connectivity index (χ0) is 28.9. The summed E-state index contributed by atoms with van der Waals surface area (Å²) in [4.78, 5) is 19.7. The lowest BCUT2D eigenvalue weighted by Crippen LogP contribution is -2.48. The number of primary amides is 1. The number of anilines is 1. The molecule has 0 radical (unpaired) electrons. The second-order valence-corrected chi connectivity index (χ2v) is 10.4. The van der Waals surface area contributed by atoms with Gasteiger partial charge in [0, 0.05) is 43.6 Å². The van der Waals surface area contributed by atoms with Gasteiger partial charge in [0.05, 0.1) is 47.8 Å². The van der Waals surface area contributed by atoms with Gasteiger partial charge in [0.2, 0.25) is 5.91 Å². The minimum Gasteiger partial charge on any atom is -0.373 e. The predicted molar refractivity (Wildman–Crippen MR) is 147 cm³/mol. The molecule has 0 atom stereocenters. The number of nitrogens with zero attached hydrogens (tertiary/aromatic N) is 5. The van der Waals surface area contributed by atoms with Gasteiger partial charge in [0.25, 0.3) is 0 Å². The molecule has 11 heteroatoms. The van der Waals surface area contributed by atoms with Crippen molar-refractivity contribution in [2.45, 2.75) is 38.5 Å². The Balaban J connectivity index is 1.51. The minimum absolute atomic E-state index is 0.207. The van der Waals surface area contributed by atoms with Crippen LogP contribution in [0.25, 0.3) is 10.9 Å². The second kappa shape index (κ2) is 12.0. The zero-order valence-corrected chi connectivity index (χ0v) is 22.6. The van der Waals surface area contributed by atoms with Gasteiger partial charge in [0.15, 0.2) is 0 Å². The van der Waals surface area contributed by atoms with Crippen molar-refractivity contribution in [2.24, 2.45) is 5.73 Å². The van der Waals surface area contributed by atoms with Crippen LogP contribution in [0.5, 0.6) is 0 Å². The van der Waals surface area contributed by atoms with Gasteiger partial charge in [-0.25, -0.2) is 0 Å². The normalized spacial score (nSPS) is 14.9. The first-order chi connectivity index (χ1) is 18.9. The Morgan fingerprint density at radius 3 is 2.48 bits per heavy atom. The highest BCUT2D eigenvalue weighted by molar-refractivity contribution is 5.86. The summed E-state index contributed by atoms with van der Waals surface area (Å²) < 4.78 is 41.8. The molecular formula is C29H32F3N7O. The third-order valence-electron chi connectivity index (χ3n) is 6.89. The second-order valence-electron chi connectivity index (χ2n) is 10.4. The number of rotatable bonds is 8. The number of halogens is 3. The van der Waals surface area contributed by atoms with Gasteiger partial charge < -0.3 is 15.6 Å². The fraction of sp³-hybridized carbons (Fsp3) is 0.414. The lowest BCUT2D eigenvalue weighted by Gasteiger charge is -2.34. The number of aromatic nitrogens is 2. The van der Waals surface area contributed by atoms with Crippen molar-refractivity contribution in [3.8, 4) is 17.9 Å². The first kappa shape index (κ1) is 28.9. The molecule has 1 amide bonds. The fourth-order valence-electron chi connectivity index (χ4n) is 4.71. The van der Waals surface area contributed by atoms with E-state index in [4.69, 9.17) is 5.73 Å². The van der Waals surface area contributed by atoms with Gasteiger partial charge in [-0.05, 0) is 49.6 Å². The predicted octanol–water partition coefficient (Wildman–Crippen LogP) is 3.47. The summed E-state index contributed by atoms with van der Waals surface area (Å²) in [6.07, 6.45) is -2.80. The molecule has 0 saturated carbocycles. The third-order valence-corrected chi connectivity index (χ3v) is 6.89. The number of pyridine rings is 1. The molecule has 1 aromatic carbocycles. The Hall–Kier alpha value is -4.06. The van der Waals surface area contributed by atoms with Gasteiger partial charge in [-0.15, -0.1) is 0 Å². The van der Waals surface area contributed by atoms with Crippen molar-refractivity contribution in [3.05, 3.63) is 59.5 Å². The highest BCUT2D eigenvalue weighted by atomic mass is 19.4. The maximum Gasteiger partial charge on any atom is 0.406 e. The highest BCUT2D eigenvalue weighted by Crippen LogP contribution is 2.28. The number of amides is 1. The molecule has 210 valence electrons. The van der Waals surface area contributed by atoms with Gasteiger partial charge in [-0.3, -0.25) is 19.6 Å². The summed E-state index contributed by atoms with van der Waals surface area (Å²) in [6, 6.07) is 12.9. The summed E-state index contributed by atoms with van der Waals surface area (Å²) in [5.74, 6) is 5.49. The lowest BCUT2D eigenvalue weighted by atomic mass is 9.91. The van der Waals surface area contributed by atoms with Crippen molar-refractivity contribution in [1.82, 2.24) is 19.4 Å². The molecule has 0 spiro atoms. The number of hydrogen-bond donors (Lipinski definition) is 2. The number of nitriles is 1. The van der Waals surface area contributed by atoms with E-state index in [-0.39, 0.29) is 24.7 Å². The highest BCUT2D eigenvalue weighted by Gasteiger charge is 2.30. The molecular weight excluding hydrogens is 519 g/mol. The van der Waals surface area contributed by atoms with Crippen LogP contribution in [0.1, 0.15) is 30.8 Å². The standard InChI is InChI=1S/C29H32F3N7O/c1-28(2,19-33)26-9-8-22(16-36-26)35-10-4-6-23-15-24-21(5-3-7-25(24)39(23)20-29(30,31)32)17-37-11-13-38(14-12-37)18-27(34)40/h3,5,7-9,15-16,35H,10-14,17-18,20H2,1-2H3,(H2,34,40). The molecule has 1 aliphatic heterocycles. The average Bonchev–Trinajstić information content (AvgIpc) is 3.24. The van der Waals surface area contributed by atoms with Crippen LogP contribution in [0.15, 0.2) is 42.6 Å². The first-order valence-electron chi connectivity index (χ1n) is 13.0. The number of fused-ring (bicyclic) bond motifs is 1. The molecule has 0 bridgehead atoms. The van der Waals surface area contributed by atoms with Crippen molar-refractivity contribution >= 4 is 22.5 Å². The average molecular weight is 552 g/mol. The van der Waals surface area contributed by atoms with Crippen molar-refractivity contribution in [3.63, 3.8) is 0 Å². The minimum atomic E-state index is -4.40. The summed E-state index contributed by atoms with van der Waals surface area (Å²) >= 11 is 0. The Bertz CT molecular complexity index is 1450. The maximum absolute atomic E-state index is 13.5. The van der Waals surface area contributed by atoms with E-state index >= 15 is 0 Å². The molecule has 3 heterocycles. The van der Waals surface area contributed by atoms with Crippen LogP contribution in [0.2, 0.25) is 0 Å². The van der Waals surface area contributed by atoms with E-state index in [1.54, 1.807) is 50.4 Å². The van der Waals surface area contributed by atoms with Crippen molar-refractivity contribution in [2.75, 3.05) is 44.6 Å². The number of nitrogens with one attached hydrogen (secondary N) is 1. The Morgan fingerprint density at radius 1 is 1.12 bits per heavy atom. The monoisotopic (exact) mass is 551 g/mol. The van der Waals surface area contributed by atoms with E-state index in [1.165, 1.54) is 4.57 Å². The Labute approximate surface area is 231 Å².